The smallest absolute Gasteiger partial charge is 0.321 e. The topological polar surface area (TPSA) is 40.5 Å². The SMILES string of the molecule is Cc1ccc(F)c(CN2CC3CCCC3C2C(=O)O)c1. The molecule has 3 atom stereocenters. The first-order valence-electron chi connectivity index (χ1n) is 7.28. The van der Waals surface area contributed by atoms with E-state index in [0.29, 0.717) is 18.0 Å². The van der Waals surface area contributed by atoms with E-state index >= 15 is 0 Å². The molecule has 4 heteroatoms. The first-order chi connectivity index (χ1) is 9.56. The summed E-state index contributed by atoms with van der Waals surface area (Å²) >= 11 is 0. The lowest BCUT2D eigenvalue weighted by Crippen LogP contribution is -2.39. The van der Waals surface area contributed by atoms with Crippen molar-refractivity contribution in [3.63, 3.8) is 0 Å². The quantitative estimate of drug-likeness (QED) is 0.923. The standard InChI is InChI=1S/C16H20FNO2/c1-10-5-6-14(17)12(7-10)9-18-8-11-3-2-4-13(11)15(18)16(19)20/h5-7,11,13,15H,2-4,8-9H2,1H3,(H,19,20). The van der Waals surface area contributed by atoms with Crippen molar-refractivity contribution in [1.29, 1.82) is 0 Å². The van der Waals surface area contributed by atoms with E-state index in [1.165, 1.54) is 6.07 Å². The summed E-state index contributed by atoms with van der Waals surface area (Å²) in [4.78, 5) is 13.5. The lowest BCUT2D eigenvalue weighted by Gasteiger charge is -2.24. The monoisotopic (exact) mass is 277 g/mol. The number of rotatable bonds is 3. The van der Waals surface area contributed by atoms with E-state index < -0.39 is 12.0 Å². The molecule has 2 aliphatic rings. The molecule has 1 aliphatic carbocycles. The van der Waals surface area contributed by atoms with Crippen LogP contribution >= 0.6 is 0 Å². The first kappa shape index (κ1) is 13.6. The van der Waals surface area contributed by atoms with Crippen LogP contribution in [0.4, 0.5) is 4.39 Å². The van der Waals surface area contributed by atoms with E-state index in [1.807, 2.05) is 17.9 Å². The second kappa shape index (κ2) is 5.17. The van der Waals surface area contributed by atoms with Gasteiger partial charge in [-0.3, -0.25) is 9.69 Å². The largest absolute Gasteiger partial charge is 0.480 e. The summed E-state index contributed by atoms with van der Waals surface area (Å²) in [5, 5.41) is 9.50. The van der Waals surface area contributed by atoms with Crippen molar-refractivity contribution in [2.24, 2.45) is 11.8 Å². The van der Waals surface area contributed by atoms with Crippen molar-refractivity contribution in [2.45, 2.75) is 38.8 Å². The molecule has 0 amide bonds. The van der Waals surface area contributed by atoms with Crippen LogP contribution in [0.2, 0.25) is 0 Å². The number of aryl methyl sites for hydroxylation is 1. The zero-order valence-corrected chi connectivity index (χ0v) is 11.7. The maximum Gasteiger partial charge on any atom is 0.321 e. The molecule has 0 radical (unpaired) electrons. The lowest BCUT2D eigenvalue weighted by molar-refractivity contribution is -0.143. The van der Waals surface area contributed by atoms with Crippen molar-refractivity contribution < 1.29 is 14.3 Å². The van der Waals surface area contributed by atoms with Crippen molar-refractivity contribution in [3.05, 3.63) is 35.1 Å². The predicted octanol–water partition coefficient (Wildman–Crippen LogP) is 2.82. The van der Waals surface area contributed by atoms with Crippen molar-refractivity contribution in [3.8, 4) is 0 Å². The third-order valence-electron chi connectivity index (χ3n) is 4.81. The van der Waals surface area contributed by atoms with Gasteiger partial charge in [-0.1, -0.05) is 24.1 Å². The third kappa shape index (κ3) is 2.33. The average molecular weight is 277 g/mol. The normalized spacial score (nSPS) is 29.6. The Balaban J connectivity index is 1.82. The fourth-order valence-electron chi connectivity index (χ4n) is 3.94. The van der Waals surface area contributed by atoms with Gasteiger partial charge in [-0.05, 0) is 37.7 Å². The number of hydrogen-bond acceptors (Lipinski definition) is 2. The number of carboxylic acids is 1. The Kier molecular flexibility index (Phi) is 3.50. The van der Waals surface area contributed by atoms with Crippen molar-refractivity contribution >= 4 is 5.97 Å². The van der Waals surface area contributed by atoms with Crippen LogP contribution in [-0.4, -0.2) is 28.6 Å². The number of nitrogens with zero attached hydrogens (tertiary/aromatic N) is 1. The number of hydrogen-bond donors (Lipinski definition) is 1. The predicted molar refractivity (Wildman–Crippen MR) is 73.8 cm³/mol. The lowest BCUT2D eigenvalue weighted by atomic mass is 9.94. The summed E-state index contributed by atoms with van der Waals surface area (Å²) in [6.07, 6.45) is 3.24. The number of fused-ring (bicyclic) bond motifs is 1. The molecular weight excluding hydrogens is 257 g/mol. The van der Waals surface area contributed by atoms with Crippen molar-refractivity contribution in [1.82, 2.24) is 4.90 Å². The van der Waals surface area contributed by atoms with Gasteiger partial charge >= 0.3 is 5.97 Å². The minimum absolute atomic E-state index is 0.239. The molecule has 0 bridgehead atoms. The molecule has 1 N–H and O–H groups in total. The molecule has 0 aromatic heterocycles. The Morgan fingerprint density at radius 3 is 3.00 bits per heavy atom. The van der Waals surface area contributed by atoms with Gasteiger partial charge in [-0.2, -0.15) is 0 Å². The fourth-order valence-corrected chi connectivity index (χ4v) is 3.94. The molecule has 108 valence electrons. The highest BCUT2D eigenvalue weighted by Crippen LogP contribution is 2.42. The van der Waals surface area contributed by atoms with Crippen LogP contribution < -0.4 is 0 Å². The van der Waals surface area contributed by atoms with E-state index in [9.17, 15) is 14.3 Å². The van der Waals surface area contributed by atoms with Gasteiger partial charge < -0.3 is 5.11 Å². The zero-order chi connectivity index (χ0) is 14.3. The number of halogens is 1. The number of carboxylic acid groups (broad SMARTS) is 1. The highest BCUT2D eigenvalue weighted by atomic mass is 19.1. The highest BCUT2D eigenvalue weighted by Gasteiger charge is 2.47. The summed E-state index contributed by atoms with van der Waals surface area (Å²) in [6.45, 7) is 3.11. The Morgan fingerprint density at radius 2 is 2.25 bits per heavy atom. The van der Waals surface area contributed by atoms with E-state index in [-0.39, 0.29) is 11.7 Å². The summed E-state index contributed by atoms with van der Waals surface area (Å²) < 4.78 is 13.9. The Hall–Kier alpha value is -1.42. The van der Waals surface area contributed by atoms with Gasteiger partial charge in [0.15, 0.2) is 0 Å². The number of carbonyl (C=O) groups is 1. The van der Waals surface area contributed by atoms with Gasteiger partial charge in [0.05, 0.1) is 0 Å². The van der Waals surface area contributed by atoms with Crippen LogP contribution in [-0.2, 0) is 11.3 Å². The molecule has 1 heterocycles. The number of benzene rings is 1. The van der Waals surface area contributed by atoms with E-state index in [2.05, 4.69) is 0 Å². The van der Waals surface area contributed by atoms with Gasteiger partial charge in [0.1, 0.15) is 11.9 Å². The fraction of sp³-hybridized carbons (Fsp3) is 0.562. The van der Waals surface area contributed by atoms with Gasteiger partial charge in [-0.25, -0.2) is 4.39 Å². The molecule has 3 nitrogen and oxygen atoms in total. The molecule has 2 fully saturated rings. The maximum atomic E-state index is 13.9. The molecule has 0 spiro atoms. The third-order valence-corrected chi connectivity index (χ3v) is 4.81. The molecule has 1 saturated heterocycles. The molecule has 1 aromatic rings. The molecule has 1 saturated carbocycles. The zero-order valence-electron chi connectivity index (χ0n) is 11.7. The van der Waals surface area contributed by atoms with Gasteiger partial charge in [-0.15, -0.1) is 0 Å². The van der Waals surface area contributed by atoms with E-state index in [1.54, 1.807) is 6.07 Å². The molecule has 20 heavy (non-hydrogen) atoms. The van der Waals surface area contributed by atoms with Crippen LogP contribution in [0.15, 0.2) is 18.2 Å². The molecule has 3 unspecified atom stereocenters. The van der Waals surface area contributed by atoms with Crippen LogP contribution in [0.5, 0.6) is 0 Å². The minimum Gasteiger partial charge on any atom is -0.480 e. The van der Waals surface area contributed by atoms with Gasteiger partial charge in [0.2, 0.25) is 0 Å². The second-order valence-electron chi connectivity index (χ2n) is 6.16. The minimum atomic E-state index is -0.757. The van der Waals surface area contributed by atoms with Crippen LogP contribution in [0, 0.1) is 24.6 Å². The van der Waals surface area contributed by atoms with Gasteiger partial charge in [0.25, 0.3) is 0 Å². The van der Waals surface area contributed by atoms with E-state index in [4.69, 9.17) is 0 Å². The Bertz CT molecular complexity index is 531. The summed E-state index contributed by atoms with van der Waals surface area (Å²) in [5.74, 6) is -0.270. The molecular formula is C16H20FNO2. The summed E-state index contributed by atoms with van der Waals surface area (Å²) in [6, 6.07) is 4.59. The average Bonchev–Trinajstić information content (AvgIpc) is 2.93. The maximum absolute atomic E-state index is 13.9. The van der Waals surface area contributed by atoms with Crippen LogP contribution in [0.3, 0.4) is 0 Å². The molecule has 1 aromatic carbocycles. The van der Waals surface area contributed by atoms with Gasteiger partial charge in [0, 0.05) is 18.7 Å². The summed E-state index contributed by atoms with van der Waals surface area (Å²) in [5.41, 5.74) is 1.61. The molecule has 1 aliphatic heterocycles. The van der Waals surface area contributed by atoms with Crippen LogP contribution in [0.25, 0.3) is 0 Å². The van der Waals surface area contributed by atoms with Crippen molar-refractivity contribution in [2.75, 3.05) is 6.54 Å². The number of likely N-dealkylation sites (tertiary alicyclic amines) is 1. The Morgan fingerprint density at radius 1 is 1.45 bits per heavy atom. The van der Waals surface area contributed by atoms with E-state index in [0.717, 1.165) is 31.4 Å². The van der Waals surface area contributed by atoms with Crippen LogP contribution in [0.1, 0.15) is 30.4 Å². The number of aliphatic carboxylic acids is 1. The summed E-state index contributed by atoms with van der Waals surface area (Å²) in [7, 11) is 0. The second-order valence-corrected chi connectivity index (χ2v) is 6.16. The first-order valence-corrected chi connectivity index (χ1v) is 7.28. The molecule has 3 rings (SSSR count). The Labute approximate surface area is 118 Å². The highest BCUT2D eigenvalue weighted by molar-refractivity contribution is 5.74.